The van der Waals surface area contributed by atoms with Gasteiger partial charge in [-0.15, -0.1) is 0 Å². The van der Waals surface area contributed by atoms with Gasteiger partial charge in [0.2, 0.25) is 5.91 Å². The predicted molar refractivity (Wildman–Crippen MR) is 122 cm³/mol. The monoisotopic (exact) mass is 428 g/mol. The first kappa shape index (κ1) is 21.1. The van der Waals surface area contributed by atoms with Crippen LogP contribution in [0.1, 0.15) is 17.4 Å². The lowest BCUT2D eigenvalue weighted by Gasteiger charge is -2.19. The summed E-state index contributed by atoms with van der Waals surface area (Å²) in [4.78, 5) is 29.5. The van der Waals surface area contributed by atoms with E-state index >= 15 is 0 Å². The Morgan fingerprint density at radius 3 is 2.28 bits per heavy atom. The number of imidazole rings is 1. The van der Waals surface area contributed by atoms with E-state index in [0.717, 1.165) is 16.6 Å². The lowest BCUT2D eigenvalue weighted by Crippen LogP contribution is -2.41. The van der Waals surface area contributed by atoms with Gasteiger partial charge in [-0.2, -0.15) is 0 Å². The fourth-order valence-corrected chi connectivity index (χ4v) is 3.47. The number of benzene rings is 3. The molecule has 0 aliphatic heterocycles. The summed E-state index contributed by atoms with van der Waals surface area (Å²) < 4.78 is 7.38. The average Bonchev–Trinajstić information content (AvgIpc) is 3.17. The van der Waals surface area contributed by atoms with Crippen molar-refractivity contribution in [1.29, 1.82) is 0 Å². The minimum atomic E-state index is -0.460. The molecule has 2 N–H and O–H groups in total. The van der Waals surface area contributed by atoms with E-state index in [1.807, 2.05) is 84.4 Å². The third-order valence-electron chi connectivity index (χ3n) is 5.08. The molecule has 0 saturated carbocycles. The van der Waals surface area contributed by atoms with Crippen LogP contribution in [-0.2, 0) is 16.6 Å². The molecule has 0 saturated heterocycles. The second-order valence-electron chi connectivity index (χ2n) is 7.31. The van der Waals surface area contributed by atoms with Crippen LogP contribution in [0.25, 0.3) is 11.0 Å². The molecule has 7 heteroatoms. The molecule has 32 heavy (non-hydrogen) atoms. The quantitative estimate of drug-likeness (QED) is 0.452. The van der Waals surface area contributed by atoms with Gasteiger partial charge in [0.25, 0.3) is 5.91 Å². The van der Waals surface area contributed by atoms with Gasteiger partial charge in [0, 0.05) is 7.05 Å². The summed E-state index contributed by atoms with van der Waals surface area (Å²) in [5, 5.41) is 5.60. The van der Waals surface area contributed by atoms with Gasteiger partial charge >= 0.3 is 0 Å². The van der Waals surface area contributed by atoms with Crippen LogP contribution in [0, 0.1) is 0 Å². The second-order valence-corrected chi connectivity index (χ2v) is 7.31. The summed E-state index contributed by atoms with van der Waals surface area (Å²) in [5.41, 5.74) is 2.73. The Kier molecular flexibility index (Phi) is 6.46. The molecular weight excluding hydrogens is 404 g/mol. The maximum Gasteiger partial charge on any atom is 0.258 e. The van der Waals surface area contributed by atoms with Gasteiger partial charge in [-0.3, -0.25) is 9.59 Å². The van der Waals surface area contributed by atoms with Crippen LogP contribution in [0.2, 0.25) is 0 Å². The van der Waals surface area contributed by atoms with Crippen LogP contribution < -0.4 is 15.4 Å². The van der Waals surface area contributed by atoms with Crippen molar-refractivity contribution in [2.45, 2.75) is 6.04 Å². The third-order valence-corrected chi connectivity index (χ3v) is 5.08. The van der Waals surface area contributed by atoms with Gasteiger partial charge in [-0.25, -0.2) is 4.98 Å². The molecular formula is C25H24N4O3. The third kappa shape index (κ3) is 4.95. The van der Waals surface area contributed by atoms with Crippen LogP contribution in [0.4, 0.5) is 0 Å². The normalized spacial score (nSPS) is 11.7. The number of amides is 2. The van der Waals surface area contributed by atoms with E-state index < -0.39 is 6.04 Å². The smallest absolute Gasteiger partial charge is 0.258 e. The number of nitrogens with one attached hydrogen (secondary N) is 2. The number of nitrogens with zero attached hydrogens (tertiary/aromatic N) is 2. The van der Waals surface area contributed by atoms with Crippen molar-refractivity contribution >= 4 is 22.8 Å². The fraction of sp³-hybridized carbons (Fsp3) is 0.160. The first-order valence-corrected chi connectivity index (χ1v) is 10.3. The first-order chi connectivity index (χ1) is 15.6. The molecule has 0 aliphatic rings. The van der Waals surface area contributed by atoms with Crippen molar-refractivity contribution in [3.63, 3.8) is 0 Å². The highest BCUT2D eigenvalue weighted by molar-refractivity contribution is 5.86. The highest BCUT2D eigenvalue weighted by Crippen LogP contribution is 2.24. The Morgan fingerprint density at radius 2 is 1.56 bits per heavy atom. The van der Waals surface area contributed by atoms with Crippen molar-refractivity contribution in [3.05, 3.63) is 96.3 Å². The Hall–Kier alpha value is -4.13. The molecule has 4 rings (SSSR count). The maximum atomic E-state index is 12.7. The van der Waals surface area contributed by atoms with E-state index in [0.29, 0.717) is 11.6 Å². The summed E-state index contributed by atoms with van der Waals surface area (Å²) >= 11 is 0. The van der Waals surface area contributed by atoms with Crippen molar-refractivity contribution in [2.75, 3.05) is 13.2 Å². The van der Waals surface area contributed by atoms with Crippen LogP contribution in [-0.4, -0.2) is 34.5 Å². The van der Waals surface area contributed by atoms with Gasteiger partial charge in [0.1, 0.15) is 17.6 Å². The summed E-state index contributed by atoms with van der Waals surface area (Å²) in [7, 11) is 1.93. The number of hydrogen-bond acceptors (Lipinski definition) is 4. The fourth-order valence-electron chi connectivity index (χ4n) is 3.47. The summed E-state index contributed by atoms with van der Waals surface area (Å²) in [6.07, 6.45) is 0. The minimum absolute atomic E-state index is 0.162. The van der Waals surface area contributed by atoms with Crippen LogP contribution in [0.15, 0.2) is 84.9 Å². The molecule has 7 nitrogen and oxygen atoms in total. The van der Waals surface area contributed by atoms with E-state index in [4.69, 9.17) is 9.72 Å². The van der Waals surface area contributed by atoms with Gasteiger partial charge in [-0.1, -0.05) is 60.7 Å². The molecule has 1 atom stereocenters. The lowest BCUT2D eigenvalue weighted by atomic mass is 10.1. The summed E-state index contributed by atoms with van der Waals surface area (Å²) in [6, 6.07) is 26.0. The Morgan fingerprint density at radius 1 is 0.906 bits per heavy atom. The summed E-state index contributed by atoms with van der Waals surface area (Å²) in [5.74, 6) is 0.615. The lowest BCUT2D eigenvalue weighted by molar-refractivity contribution is -0.127. The summed E-state index contributed by atoms with van der Waals surface area (Å²) in [6.45, 7) is -0.325. The molecule has 3 aromatic carbocycles. The van der Waals surface area contributed by atoms with Crippen LogP contribution >= 0.6 is 0 Å². The predicted octanol–water partition coefficient (Wildman–Crippen LogP) is 2.97. The molecule has 4 aromatic rings. The standard InChI is InChI=1S/C25H24N4O3/c1-29-21-15-9-8-14-20(21)27-25(29)24(18-10-4-2-5-11-18)28-22(30)16-26-23(31)17-32-19-12-6-3-7-13-19/h2-15,24H,16-17H2,1H3,(H,26,31)(H,28,30). The number of aryl methyl sites for hydroxylation is 1. The zero-order valence-electron chi connectivity index (χ0n) is 17.7. The highest BCUT2D eigenvalue weighted by atomic mass is 16.5. The topological polar surface area (TPSA) is 85.2 Å². The largest absolute Gasteiger partial charge is 0.484 e. The molecule has 0 radical (unpaired) electrons. The zero-order chi connectivity index (χ0) is 22.3. The minimum Gasteiger partial charge on any atom is -0.484 e. The number of fused-ring (bicyclic) bond motifs is 1. The molecule has 1 unspecified atom stereocenters. The van der Waals surface area contributed by atoms with E-state index in [9.17, 15) is 9.59 Å². The van der Waals surface area contributed by atoms with Crippen LogP contribution in [0.5, 0.6) is 5.75 Å². The number of para-hydroxylation sites is 3. The molecule has 0 fully saturated rings. The van der Waals surface area contributed by atoms with Gasteiger partial charge in [-0.05, 0) is 29.8 Å². The molecule has 2 amide bonds. The Labute approximate surface area is 186 Å². The van der Waals surface area contributed by atoms with E-state index in [1.165, 1.54) is 0 Å². The molecule has 0 aliphatic carbocycles. The zero-order valence-corrected chi connectivity index (χ0v) is 17.7. The molecule has 0 bridgehead atoms. The Bertz CT molecular complexity index is 1210. The highest BCUT2D eigenvalue weighted by Gasteiger charge is 2.22. The van der Waals surface area contributed by atoms with Crippen molar-refractivity contribution in [1.82, 2.24) is 20.2 Å². The molecule has 0 spiro atoms. The molecule has 1 heterocycles. The molecule has 162 valence electrons. The van der Waals surface area contributed by atoms with E-state index in [1.54, 1.807) is 12.1 Å². The Balaban J connectivity index is 1.44. The van der Waals surface area contributed by atoms with E-state index in [-0.39, 0.29) is 25.0 Å². The maximum absolute atomic E-state index is 12.7. The number of carbonyl (C=O) groups excluding carboxylic acids is 2. The number of rotatable bonds is 8. The number of hydrogen-bond donors (Lipinski definition) is 2. The molecule has 1 aromatic heterocycles. The second kappa shape index (κ2) is 9.78. The van der Waals surface area contributed by atoms with Gasteiger partial charge < -0.3 is 19.9 Å². The number of carbonyl (C=O) groups is 2. The van der Waals surface area contributed by atoms with Crippen molar-refractivity contribution < 1.29 is 14.3 Å². The average molecular weight is 428 g/mol. The van der Waals surface area contributed by atoms with E-state index in [2.05, 4.69) is 10.6 Å². The SMILES string of the molecule is Cn1c(C(NC(=O)CNC(=O)COc2ccccc2)c2ccccc2)nc2ccccc21. The number of ether oxygens (including phenoxy) is 1. The first-order valence-electron chi connectivity index (χ1n) is 10.3. The van der Waals surface area contributed by atoms with Crippen molar-refractivity contribution in [3.8, 4) is 5.75 Å². The number of aromatic nitrogens is 2. The van der Waals surface area contributed by atoms with Gasteiger partial charge in [0.05, 0.1) is 17.6 Å². The van der Waals surface area contributed by atoms with Gasteiger partial charge in [0.15, 0.2) is 6.61 Å². The van der Waals surface area contributed by atoms with Crippen molar-refractivity contribution in [2.24, 2.45) is 7.05 Å². The van der Waals surface area contributed by atoms with Crippen LogP contribution in [0.3, 0.4) is 0 Å².